The molecule has 0 saturated carbocycles. The van der Waals surface area contributed by atoms with Crippen LogP contribution in [-0.2, 0) is 4.79 Å². The molecule has 8 nitrogen and oxygen atoms in total. The van der Waals surface area contributed by atoms with E-state index in [4.69, 9.17) is 13.9 Å². The number of hydrogen-bond acceptors (Lipinski definition) is 6. The molecule has 2 N–H and O–H groups in total. The van der Waals surface area contributed by atoms with E-state index in [1.54, 1.807) is 55.6 Å². The Hall–Kier alpha value is -3.81. The fourth-order valence-corrected chi connectivity index (χ4v) is 2.55. The quantitative estimate of drug-likeness (QED) is 0.444. The van der Waals surface area contributed by atoms with Crippen molar-refractivity contribution in [3.8, 4) is 11.5 Å². The van der Waals surface area contributed by atoms with Crippen LogP contribution in [0.4, 0.5) is 0 Å². The van der Waals surface area contributed by atoms with Crippen molar-refractivity contribution in [3.63, 3.8) is 0 Å². The molecule has 0 bridgehead atoms. The molecule has 8 heteroatoms. The van der Waals surface area contributed by atoms with E-state index in [0.29, 0.717) is 22.6 Å². The van der Waals surface area contributed by atoms with Gasteiger partial charge in [0, 0.05) is 36.2 Å². The molecule has 0 saturated heterocycles. The standard InChI is InChI=1S/C21H20N2O6/c1-27-16-6-3-15(4-7-16)21(26)23-11-10-22-19(24)13-28-17-8-2-14-5-9-20(25)29-18(14)12-17/h2-9,12H,10-11,13H2,1H3,(H,22,24)(H,23,26). The van der Waals surface area contributed by atoms with Gasteiger partial charge >= 0.3 is 5.63 Å². The first kappa shape index (κ1) is 19.9. The van der Waals surface area contributed by atoms with Gasteiger partial charge in [0.15, 0.2) is 6.61 Å². The number of nitrogens with one attached hydrogen (secondary N) is 2. The van der Waals surface area contributed by atoms with Crippen molar-refractivity contribution in [1.29, 1.82) is 0 Å². The summed E-state index contributed by atoms with van der Waals surface area (Å²) >= 11 is 0. The molecule has 2 aromatic carbocycles. The zero-order valence-electron chi connectivity index (χ0n) is 15.8. The molecule has 3 rings (SSSR count). The maximum absolute atomic E-state index is 12.0. The Bertz CT molecular complexity index is 1060. The molecule has 0 unspecified atom stereocenters. The van der Waals surface area contributed by atoms with E-state index >= 15 is 0 Å². The fourth-order valence-electron chi connectivity index (χ4n) is 2.55. The van der Waals surface area contributed by atoms with Crippen molar-refractivity contribution in [3.05, 3.63) is 70.6 Å². The monoisotopic (exact) mass is 396 g/mol. The topological polar surface area (TPSA) is 107 Å². The smallest absolute Gasteiger partial charge is 0.336 e. The van der Waals surface area contributed by atoms with Crippen molar-refractivity contribution in [1.82, 2.24) is 10.6 Å². The third-order valence-corrected chi connectivity index (χ3v) is 4.05. The third-order valence-electron chi connectivity index (χ3n) is 4.05. The minimum atomic E-state index is -0.455. The van der Waals surface area contributed by atoms with Crippen LogP contribution in [0.3, 0.4) is 0 Å². The summed E-state index contributed by atoms with van der Waals surface area (Å²) in [6.07, 6.45) is 0. The first-order valence-electron chi connectivity index (χ1n) is 8.91. The lowest BCUT2D eigenvalue weighted by Crippen LogP contribution is -2.36. The van der Waals surface area contributed by atoms with E-state index in [1.165, 1.54) is 6.07 Å². The predicted molar refractivity (Wildman–Crippen MR) is 106 cm³/mol. The van der Waals surface area contributed by atoms with Crippen LogP contribution in [0.15, 0.2) is 63.8 Å². The number of hydrogen-bond donors (Lipinski definition) is 2. The first-order valence-corrected chi connectivity index (χ1v) is 8.91. The summed E-state index contributed by atoms with van der Waals surface area (Å²) < 4.78 is 15.5. The summed E-state index contributed by atoms with van der Waals surface area (Å²) in [5.74, 6) is 0.506. The van der Waals surface area contributed by atoms with E-state index in [9.17, 15) is 14.4 Å². The highest BCUT2D eigenvalue weighted by molar-refractivity contribution is 5.94. The minimum absolute atomic E-state index is 0.199. The molecule has 0 aliphatic rings. The fraction of sp³-hybridized carbons (Fsp3) is 0.190. The molecule has 1 aromatic heterocycles. The van der Waals surface area contributed by atoms with Crippen molar-refractivity contribution < 1.29 is 23.5 Å². The van der Waals surface area contributed by atoms with Crippen molar-refractivity contribution in [2.45, 2.75) is 0 Å². The van der Waals surface area contributed by atoms with Gasteiger partial charge < -0.3 is 24.5 Å². The molecule has 0 atom stereocenters. The SMILES string of the molecule is COc1ccc(C(=O)NCCNC(=O)COc2ccc3ccc(=O)oc3c2)cc1. The zero-order valence-corrected chi connectivity index (χ0v) is 15.8. The van der Waals surface area contributed by atoms with Gasteiger partial charge in [-0.15, -0.1) is 0 Å². The number of fused-ring (bicyclic) bond motifs is 1. The Labute approximate surface area is 166 Å². The van der Waals surface area contributed by atoms with E-state index in [-0.39, 0.29) is 31.5 Å². The van der Waals surface area contributed by atoms with Gasteiger partial charge in [0.2, 0.25) is 0 Å². The molecule has 1 heterocycles. The Balaban J connectivity index is 1.39. The maximum atomic E-state index is 12.0. The van der Waals surface area contributed by atoms with Crippen LogP contribution in [-0.4, -0.2) is 38.6 Å². The Morgan fingerprint density at radius 1 is 0.931 bits per heavy atom. The van der Waals surface area contributed by atoms with Gasteiger partial charge in [-0.25, -0.2) is 4.79 Å². The van der Waals surface area contributed by atoms with Gasteiger partial charge in [0.25, 0.3) is 11.8 Å². The number of carbonyl (C=O) groups is 2. The van der Waals surface area contributed by atoms with Gasteiger partial charge in [0.1, 0.15) is 17.1 Å². The number of benzene rings is 2. The minimum Gasteiger partial charge on any atom is -0.497 e. The van der Waals surface area contributed by atoms with Crippen LogP contribution in [0, 0.1) is 0 Å². The molecular formula is C21H20N2O6. The van der Waals surface area contributed by atoms with E-state index in [0.717, 1.165) is 5.39 Å². The molecular weight excluding hydrogens is 376 g/mol. The van der Waals surface area contributed by atoms with E-state index in [2.05, 4.69) is 10.6 Å². The molecule has 0 spiro atoms. The lowest BCUT2D eigenvalue weighted by Gasteiger charge is -2.09. The van der Waals surface area contributed by atoms with Crippen molar-refractivity contribution in [2.24, 2.45) is 0 Å². The summed E-state index contributed by atoms with van der Waals surface area (Å²) in [5.41, 5.74) is 0.434. The van der Waals surface area contributed by atoms with Crippen molar-refractivity contribution in [2.75, 3.05) is 26.8 Å². The lowest BCUT2D eigenvalue weighted by atomic mass is 10.2. The summed E-state index contributed by atoms with van der Waals surface area (Å²) in [6, 6.07) is 14.7. The Morgan fingerprint density at radius 3 is 2.38 bits per heavy atom. The molecule has 0 fully saturated rings. The van der Waals surface area contributed by atoms with Gasteiger partial charge in [-0.2, -0.15) is 0 Å². The summed E-state index contributed by atoms with van der Waals surface area (Å²) in [6.45, 7) is 0.337. The number of amides is 2. The Morgan fingerprint density at radius 2 is 1.62 bits per heavy atom. The second-order valence-electron chi connectivity index (χ2n) is 6.08. The number of methoxy groups -OCH3 is 1. The van der Waals surface area contributed by atoms with Gasteiger partial charge in [-0.1, -0.05) is 0 Å². The van der Waals surface area contributed by atoms with Crippen LogP contribution in [0.25, 0.3) is 11.0 Å². The molecule has 0 radical (unpaired) electrons. The van der Waals surface area contributed by atoms with Crippen LogP contribution < -0.4 is 25.7 Å². The van der Waals surface area contributed by atoms with Gasteiger partial charge in [0.05, 0.1) is 7.11 Å². The van der Waals surface area contributed by atoms with Gasteiger partial charge in [-0.05, 0) is 42.5 Å². The zero-order chi connectivity index (χ0) is 20.6. The lowest BCUT2D eigenvalue weighted by molar-refractivity contribution is -0.123. The Kier molecular flexibility index (Phi) is 6.47. The number of carbonyl (C=O) groups excluding carboxylic acids is 2. The van der Waals surface area contributed by atoms with E-state index in [1.807, 2.05) is 0 Å². The molecule has 29 heavy (non-hydrogen) atoms. The van der Waals surface area contributed by atoms with Crippen LogP contribution >= 0.6 is 0 Å². The average molecular weight is 396 g/mol. The van der Waals surface area contributed by atoms with Crippen LogP contribution in [0.2, 0.25) is 0 Å². The van der Waals surface area contributed by atoms with Crippen LogP contribution in [0.1, 0.15) is 10.4 Å². The third kappa shape index (κ3) is 5.58. The highest BCUT2D eigenvalue weighted by atomic mass is 16.5. The summed E-state index contributed by atoms with van der Waals surface area (Å²) in [4.78, 5) is 35.2. The normalized spacial score (nSPS) is 10.4. The average Bonchev–Trinajstić information content (AvgIpc) is 2.74. The molecule has 2 amide bonds. The van der Waals surface area contributed by atoms with Crippen LogP contribution in [0.5, 0.6) is 11.5 Å². The molecule has 3 aromatic rings. The van der Waals surface area contributed by atoms with E-state index < -0.39 is 5.63 Å². The highest BCUT2D eigenvalue weighted by Gasteiger charge is 2.07. The maximum Gasteiger partial charge on any atom is 0.336 e. The second-order valence-corrected chi connectivity index (χ2v) is 6.08. The largest absolute Gasteiger partial charge is 0.497 e. The molecule has 0 aliphatic carbocycles. The number of rotatable bonds is 8. The summed E-state index contributed by atoms with van der Waals surface area (Å²) in [5, 5.41) is 6.12. The van der Waals surface area contributed by atoms with Crippen molar-refractivity contribution >= 4 is 22.8 Å². The van der Waals surface area contributed by atoms with Gasteiger partial charge in [-0.3, -0.25) is 9.59 Å². The highest BCUT2D eigenvalue weighted by Crippen LogP contribution is 2.19. The second kappa shape index (κ2) is 9.41. The summed E-state index contributed by atoms with van der Waals surface area (Å²) in [7, 11) is 1.55. The number of ether oxygens (including phenoxy) is 2. The molecule has 150 valence electrons. The predicted octanol–water partition coefficient (Wildman–Crippen LogP) is 1.73. The first-order chi connectivity index (χ1) is 14.0. The molecule has 0 aliphatic heterocycles.